The van der Waals surface area contributed by atoms with Gasteiger partial charge in [-0.25, -0.2) is 0 Å². The van der Waals surface area contributed by atoms with Gasteiger partial charge in [0.25, 0.3) is 0 Å². The molecule has 0 unspecified atom stereocenters. The molecule has 0 heterocycles. The molecule has 0 spiro atoms. The lowest BCUT2D eigenvalue weighted by Gasteiger charge is -2.26. The third-order valence-electron chi connectivity index (χ3n) is 7.89. The Balaban J connectivity index is 1.57. The van der Waals surface area contributed by atoms with E-state index in [9.17, 15) is 0 Å². The molecule has 0 aliphatic heterocycles. The van der Waals surface area contributed by atoms with Gasteiger partial charge in [0, 0.05) is 16.0 Å². The number of benzene rings is 6. The number of hydrogen-bond donors (Lipinski definition) is 0. The summed E-state index contributed by atoms with van der Waals surface area (Å²) >= 11 is 6.98. The van der Waals surface area contributed by atoms with Crippen molar-refractivity contribution in [1.29, 1.82) is 0 Å². The first kappa shape index (κ1) is 21.4. The Hall–Kier alpha value is -3.87. The molecule has 0 saturated carbocycles. The molecule has 6 aromatic carbocycles. The van der Waals surface area contributed by atoms with Crippen LogP contribution in [0.5, 0.6) is 0 Å². The van der Waals surface area contributed by atoms with Gasteiger partial charge in [-0.1, -0.05) is 123 Å². The fraction of sp³-hybridized carbons (Fsp3) is 0.0857. The van der Waals surface area contributed by atoms with Crippen molar-refractivity contribution >= 4 is 33.1 Å². The second kappa shape index (κ2) is 7.82. The Morgan fingerprint density at radius 2 is 1.17 bits per heavy atom. The predicted octanol–water partition coefficient (Wildman–Crippen LogP) is 10.3. The largest absolute Gasteiger partial charge is 0.0837 e. The Morgan fingerprint density at radius 1 is 0.528 bits per heavy atom. The summed E-state index contributed by atoms with van der Waals surface area (Å²) in [4.78, 5) is 0. The van der Waals surface area contributed by atoms with Crippen molar-refractivity contribution in [1.82, 2.24) is 0 Å². The highest BCUT2D eigenvalue weighted by Gasteiger charge is 2.39. The molecule has 0 N–H and O–H groups in total. The maximum atomic E-state index is 6.98. The van der Waals surface area contributed by atoms with Crippen LogP contribution >= 0.6 is 11.6 Å². The van der Waals surface area contributed by atoms with Gasteiger partial charge in [-0.05, 0) is 78.7 Å². The van der Waals surface area contributed by atoms with E-state index in [0.717, 1.165) is 5.02 Å². The Kier molecular flexibility index (Phi) is 4.65. The number of fused-ring (bicyclic) bond motifs is 5. The maximum Gasteiger partial charge on any atom is 0.0488 e. The van der Waals surface area contributed by atoms with Crippen molar-refractivity contribution in [2.75, 3.05) is 0 Å². The molecular weight excluding hydrogens is 456 g/mol. The zero-order valence-corrected chi connectivity index (χ0v) is 21.1. The van der Waals surface area contributed by atoms with E-state index in [0.29, 0.717) is 0 Å². The average Bonchev–Trinajstić information content (AvgIpc) is 3.14. The van der Waals surface area contributed by atoms with E-state index < -0.39 is 0 Å². The van der Waals surface area contributed by atoms with Gasteiger partial charge in [0.1, 0.15) is 0 Å². The lowest BCUT2D eigenvalue weighted by molar-refractivity contribution is 0.663. The van der Waals surface area contributed by atoms with Crippen LogP contribution in [0.2, 0.25) is 5.02 Å². The van der Waals surface area contributed by atoms with Crippen LogP contribution in [-0.2, 0) is 5.41 Å². The van der Waals surface area contributed by atoms with Crippen molar-refractivity contribution in [2.24, 2.45) is 0 Å². The highest BCUT2D eigenvalue weighted by Crippen LogP contribution is 2.56. The highest BCUT2D eigenvalue weighted by molar-refractivity contribution is 6.34. The lowest BCUT2D eigenvalue weighted by Crippen LogP contribution is -2.16. The normalized spacial score (nSPS) is 13.6. The molecule has 0 amide bonds. The van der Waals surface area contributed by atoms with E-state index in [2.05, 4.69) is 129 Å². The molecule has 1 heteroatoms. The van der Waals surface area contributed by atoms with E-state index in [1.54, 1.807) is 0 Å². The third kappa shape index (κ3) is 3.01. The summed E-state index contributed by atoms with van der Waals surface area (Å²) in [6.07, 6.45) is 0. The number of halogens is 1. The van der Waals surface area contributed by atoms with Gasteiger partial charge in [0.15, 0.2) is 0 Å². The standard InChI is InChI=1S/C35H25Cl/c1-35(2)30-21-25-13-7-6-12-24(25)20-29(30)33-31(36)19-18-28(34(33)35)27-17-9-15-23-14-8-16-26(32(23)27)22-10-4-3-5-11-22/h3-21H,1-2H3. The van der Waals surface area contributed by atoms with Gasteiger partial charge in [0.2, 0.25) is 0 Å². The molecular formula is C35H25Cl. The lowest BCUT2D eigenvalue weighted by atomic mass is 9.77. The van der Waals surface area contributed by atoms with Crippen molar-refractivity contribution < 1.29 is 0 Å². The maximum absolute atomic E-state index is 6.98. The Labute approximate surface area is 216 Å². The molecule has 0 bridgehead atoms. The van der Waals surface area contributed by atoms with E-state index in [1.165, 1.54) is 66.1 Å². The van der Waals surface area contributed by atoms with Crippen LogP contribution < -0.4 is 0 Å². The molecule has 0 aromatic heterocycles. The molecule has 0 nitrogen and oxygen atoms in total. The van der Waals surface area contributed by atoms with Crippen LogP contribution in [0, 0.1) is 0 Å². The zero-order valence-electron chi connectivity index (χ0n) is 20.3. The van der Waals surface area contributed by atoms with Crippen molar-refractivity contribution in [3.63, 3.8) is 0 Å². The first-order valence-electron chi connectivity index (χ1n) is 12.5. The minimum atomic E-state index is -0.182. The van der Waals surface area contributed by atoms with Gasteiger partial charge >= 0.3 is 0 Å². The van der Waals surface area contributed by atoms with Crippen molar-refractivity contribution in [2.45, 2.75) is 19.3 Å². The van der Waals surface area contributed by atoms with E-state index in [4.69, 9.17) is 11.6 Å². The van der Waals surface area contributed by atoms with Crippen LogP contribution in [0.4, 0.5) is 0 Å². The van der Waals surface area contributed by atoms with Crippen LogP contribution in [0.25, 0.3) is 54.9 Å². The Morgan fingerprint density at radius 3 is 1.92 bits per heavy atom. The van der Waals surface area contributed by atoms with Crippen molar-refractivity contribution in [3.05, 3.63) is 131 Å². The summed E-state index contributed by atoms with van der Waals surface area (Å²) in [5, 5.41) is 5.87. The number of hydrogen-bond acceptors (Lipinski definition) is 0. The van der Waals surface area contributed by atoms with Gasteiger partial charge < -0.3 is 0 Å². The van der Waals surface area contributed by atoms with Crippen LogP contribution in [0.15, 0.2) is 115 Å². The van der Waals surface area contributed by atoms with Gasteiger partial charge in [-0.15, -0.1) is 0 Å². The summed E-state index contributed by atoms with van der Waals surface area (Å²) in [7, 11) is 0. The van der Waals surface area contributed by atoms with E-state index >= 15 is 0 Å². The first-order valence-corrected chi connectivity index (χ1v) is 12.9. The van der Waals surface area contributed by atoms with Crippen LogP contribution in [0.1, 0.15) is 25.0 Å². The first-order chi connectivity index (χ1) is 17.5. The molecule has 6 aromatic rings. The molecule has 0 radical (unpaired) electrons. The van der Waals surface area contributed by atoms with Crippen LogP contribution in [0.3, 0.4) is 0 Å². The SMILES string of the molecule is CC1(C)c2cc3ccccc3cc2-c2c(Cl)ccc(-c3cccc4cccc(-c5ccccc5)c34)c21. The zero-order chi connectivity index (χ0) is 24.4. The summed E-state index contributed by atoms with van der Waals surface area (Å²) in [5.41, 5.74) is 9.90. The molecule has 0 fully saturated rings. The van der Waals surface area contributed by atoms with Gasteiger partial charge in [-0.3, -0.25) is 0 Å². The topological polar surface area (TPSA) is 0 Å². The molecule has 172 valence electrons. The quantitative estimate of drug-likeness (QED) is 0.231. The smallest absolute Gasteiger partial charge is 0.0488 e. The molecule has 36 heavy (non-hydrogen) atoms. The number of rotatable bonds is 2. The van der Waals surface area contributed by atoms with Gasteiger partial charge in [0.05, 0.1) is 0 Å². The molecule has 7 rings (SSSR count). The minimum absolute atomic E-state index is 0.182. The van der Waals surface area contributed by atoms with E-state index in [-0.39, 0.29) is 5.41 Å². The summed E-state index contributed by atoms with van der Waals surface area (Å²) in [6.45, 7) is 4.69. The van der Waals surface area contributed by atoms with Crippen molar-refractivity contribution in [3.8, 4) is 33.4 Å². The highest BCUT2D eigenvalue weighted by atomic mass is 35.5. The predicted molar refractivity (Wildman–Crippen MR) is 155 cm³/mol. The van der Waals surface area contributed by atoms with Crippen LogP contribution in [-0.4, -0.2) is 0 Å². The molecule has 1 aliphatic rings. The second-order valence-corrected chi connectivity index (χ2v) is 10.7. The second-order valence-electron chi connectivity index (χ2n) is 10.3. The van der Waals surface area contributed by atoms with Gasteiger partial charge in [-0.2, -0.15) is 0 Å². The summed E-state index contributed by atoms with van der Waals surface area (Å²) < 4.78 is 0. The molecule has 0 saturated heterocycles. The monoisotopic (exact) mass is 480 g/mol. The fourth-order valence-electron chi connectivity index (χ4n) is 6.24. The average molecular weight is 481 g/mol. The molecule has 1 aliphatic carbocycles. The summed E-state index contributed by atoms with van der Waals surface area (Å²) in [5.74, 6) is 0. The third-order valence-corrected chi connectivity index (χ3v) is 8.20. The fourth-order valence-corrected chi connectivity index (χ4v) is 6.50. The Bertz CT molecular complexity index is 1800. The summed E-state index contributed by atoms with van der Waals surface area (Å²) in [6, 6.07) is 41.6. The van der Waals surface area contributed by atoms with E-state index in [1.807, 2.05) is 0 Å². The minimum Gasteiger partial charge on any atom is -0.0837 e. The molecule has 0 atom stereocenters.